The molecule has 0 radical (unpaired) electrons. The van der Waals surface area contributed by atoms with Gasteiger partial charge in [0, 0.05) is 5.69 Å². The van der Waals surface area contributed by atoms with Crippen LogP contribution in [0.4, 0.5) is 5.95 Å². The molecule has 1 amide bonds. The number of fused-ring (bicyclic) bond motifs is 1. The molecule has 3 aromatic rings. The van der Waals surface area contributed by atoms with Gasteiger partial charge in [0.05, 0.1) is 12.0 Å². The maximum atomic E-state index is 12.0. The Kier molecular flexibility index (Phi) is 3.30. The highest BCUT2D eigenvalue weighted by Crippen LogP contribution is 2.18. The van der Waals surface area contributed by atoms with Gasteiger partial charge in [-0.25, -0.2) is 4.98 Å². The van der Waals surface area contributed by atoms with Gasteiger partial charge in [-0.15, -0.1) is 0 Å². The van der Waals surface area contributed by atoms with Crippen molar-refractivity contribution in [2.75, 3.05) is 5.32 Å². The van der Waals surface area contributed by atoms with Gasteiger partial charge < -0.3 is 4.98 Å². The molecule has 108 valence electrons. The van der Waals surface area contributed by atoms with E-state index in [0.717, 1.165) is 11.4 Å². The molecule has 0 aromatic carbocycles. The zero-order valence-electron chi connectivity index (χ0n) is 11.4. The second kappa shape index (κ2) is 5.13. The molecule has 0 bridgehead atoms. The normalized spacial score (nSPS) is 11.0. The monoisotopic (exact) mass is 305 g/mol. The third-order valence-electron chi connectivity index (χ3n) is 2.89. The molecule has 3 aromatic heterocycles. The quantitative estimate of drug-likeness (QED) is 0.713. The third-order valence-corrected chi connectivity index (χ3v) is 3.16. The Bertz CT molecular complexity index is 822. The van der Waals surface area contributed by atoms with Crippen LogP contribution in [0, 0.1) is 13.8 Å². The number of anilines is 1. The molecule has 3 heterocycles. The van der Waals surface area contributed by atoms with Crippen molar-refractivity contribution in [3.8, 4) is 0 Å². The third kappa shape index (κ3) is 2.70. The number of hydrogen-bond donors (Lipinski definition) is 2. The van der Waals surface area contributed by atoms with Gasteiger partial charge in [-0.1, -0.05) is 11.6 Å². The molecule has 21 heavy (non-hydrogen) atoms. The highest BCUT2D eigenvalue weighted by molar-refractivity contribution is 6.33. The number of halogens is 1. The minimum absolute atomic E-state index is 0.0826. The highest BCUT2D eigenvalue weighted by Gasteiger charge is 2.12. The molecule has 0 spiro atoms. The molecule has 0 unspecified atom stereocenters. The zero-order chi connectivity index (χ0) is 15.0. The predicted molar refractivity (Wildman–Crippen MR) is 77.0 cm³/mol. The lowest BCUT2D eigenvalue weighted by Crippen LogP contribution is -2.21. The van der Waals surface area contributed by atoms with Gasteiger partial charge in [-0.3, -0.25) is 14.8 Å². The first-order valence-electron chi connectivity index (χ1n) is 6.20. The molecule has 0 fully saturated rings. The predicted octanol–water partition coefficient (Wildman–Crippen LogP) is 1.46. The summed E-state index contributed by atoms with van der Waals surface area (Å²) in [6, 6.07) is 1.90. The average Bonchev–Trinajstić information content (AvgIpc) is 2.97. The van der Waals surface area contributed by atoms with Crippen LogP contribution in [-0.2, 0) is 11.3 Å². The minimum Gasteiger partial charge on any atom is -0.341 e. The molecule has 9 heteroatoms. The standard InChI is InChI=1S/C12H12ClN7O/c1-6-3-7(2)20(19-6)4-8(21)16-12-17-10(13)9-11(18-12)15-5-14-9/h3,5H,4H2,1-2H3,(H2,14,15,16,17,18,21). The van der Waals surface area contributed by atoms with Crippen LogP contribution in [-0.4, -0.2) is 35.6 Å². The number of nitrogens with one attached hydrogen (secondary N) is 2. The lowest BCUT2D eigenvalue weighted by Gasteiger charge is -2.05. The number of aromatic nitrogens is 6. The van der Waals surface area contributed by atoms with Crippen LogP contribution in [0.2, 0.25) is 5.15 Å². The van der Waals surface area contributed by atoms with Crippen LogP contribution in [0.5, 0.6) is 0 Å². The van der Waals surface area contributed by atoms with Crippen molar-refractivity contribution >= 4 is 34.6 Å². The summed E-state index contributed by atoms with van der Waals surface area (Å²) in [5.41, 5.74) is 2.70. The summed E-state index contributed by atoms with van der Waals surface area (Å²) in [5, 5.41) is 7.02. The minimum atomic E-state index is -0.285. The van der Waals surface area contributed by atoms with E-state index in [1.165, 1.54) is 6.33 Å². The van der Waals surface area contributed by atoms with E-state index in [0.29, 0.717) is 11.2 Å². The Hall–Kier alpha value is -2.48. The number of H-pyrrole nitrogens is 1. The lowest BCUT2D eigenvalue weighted by atomic mass is 10.4. The van der Waals surface area contributed by atoms with E-state index in [4.69, 9.17) is 11.6 Å². The summed E-state index contributed by atoms with van der Waals surface area (Å²) >= 11 is 5.98. The van der Waals surface area contributed by atoms with E-state index in [1.54, 1.807) is 4.68 Å². The van der Waals surface area contributed by atoms with Crippen LogP contribution in [0.25, 0.3) is 11.2 Å². The van der Waals surface area contributed by atoms with Gasteiger partial charge in [0.1, 0.15) is 12.1 Å². The van der Waals surface area contributed by atoms with Crippen LogP contribution in [0.15, 0.2) is 12.4 Å². The summed E-state index contributed by atoms with van der Waals surface area (Å²) in [6.45, 7) is 3.84. The summed E-state index contributed by atoms with van der Waals surface area (Å²) in [6.07, 6.45) is 1.46. The van der Waals surface area contributed by atoms with E-state index in [1.807, 2.05) is 19.9 Å². The molecule has 0 saturated heterocycles. The number of imidazole rings is 1. The highest BCUT2D eigenvalue weighted by atomic mass is 35.5. The number of aryl methyl sites for hydroxylation is 2. The van der Waals surface area contributed by atoms with Crippen LogP contribution in [0.1, 0.15) is 11.4 Å². The van der Waals surface area contributed by atoms with E-state index < -0.39 is 0 Å². The van der Waals surface area contributed by atoms with Crippen molar-refractivity contribution < 1.29 is 4.79 Å². The van der Waals surface area contributed by atoms with Crippen molar-refractivity contribution in [2.24, 2.45) is 0 Å². The SMILES string of the molecule is Cc1cc(C)n(CC(=O)Nc2nc(Cl)c3[nH]cnc3n2)n1. The maximum Gasteiger partial charge on any atom is 0.248 e. The second-order valence-corrected chi connectivity index (χ2v) is 4.93. The van der Waals surface area contributed by atoms with Gasteiger partial charge in [0.2, 0.25) is 11.9 Å². The van der Waals surface area contributed by atoms with Crippen molar-refractivity contribution in [1.29, 1.82) is 0 Å². The van der Waals surface area contributed by atoms with Crippen LogP contribution < -0.4 is 5.32 Å². The molecular formula is C12H12ClN7O. The topological polar surface area (TPSA) is 101 Å². The summed E-state index contributed by atoms with van der Waals surface area (Å²) < 4.78 is 1.61. The molecule has 0 aliphatic carbocycles. The molecule has 0 saturated carbocycles. The van der Waals surface area contributed by atoms with Crippen molar-refractivity contribution in [3.63, 3.8) is 0 Å². The van der Waals surface area contributed by atoms with Gasteiger partial charge in [-0.2, -0.15) is 15.1 Å². The van der Waals surface area contributed by atoms with E-state index in [9.17, 15) is 4.79 Å². The average molecular weight is 306 g/mol. The largest absolute Gasteiger partial charge is 0.341 e. The number of rotatable bonds is 3. The second-order valence-electron chi connectivity index (χ2n) is 4.57. The van der Waals surface area contributed by atoms with Crippen molar-refractivity contribution in [2.45, 2.75) is 20.4 Å². The number of aromatic amines is 1. The van der Waals surface area contributed by atoms with E-state index in [2.05, 4.69) is 30.4 Å². The molecule has 2 N–H and O–H groups in total. The summed E-state index contributed by atoms with van der Waals surface area (Å²) in [7, 11) is 0. The van der Waals surface area contributed by atoms with Crippen LogP contribution >= 0.6 is 11.6 Å². The van der Waals surface area contributed by atoms with Gasteiger partial charge in [0.15, 0.2) is 10.8 Å². The Morgan fingerprint density at radius 2 is 2.24 bits per heavy atom. The van der Waals surface area contributed by atoms with E-state index >= 15 is 0 Å². The maximum absolute atomic E-state index is 12.0. The fourth-order valence-corrected chi connectivity index (χ4v) is 2.21. The van der Waals surface area contributed by atoms with Gasteiger partial charge in [-0.05, 0) is 19.9 Å². The summed E-state index contributed by atoms with van der Waals surface area (Å²) in [4.78, 5) is 26.9. The van der Waals surface area contributed by atoms with E-state index in [-0.39, 0.29) is 23.6 Å². The first kappa shape index (κ1) is 13.5. The molecule has 0 aliphatic heterocycles. The fourth-order valence-electron chi connectivity index (χ4n) is 1.99. The van der Waals surface area contributed by atoms with Crippen molar-refractivity contribution in [3.05, 3.63) is 28.9 Å². The smallest absolute Gasteiger partial charge is 0.248 e. The Balaban J connectivity index is 1.78. The number of carbonyl (C=O) groups excluding carboxylic acids is 1. The van der Waals surface area contributed by atoms with Gasteiger partial charge in [0.25, 0.3) is 0 Å². The number of amides is 1. The fraction of sp³-hybridized carbons (Fsp3) is 0.250. The molecule has 0 aliphatic rings. The Morgan fingerprint density at radius 3 is 2.95 bits per heavy atom. The molecule has 8 nitrogen and oxygen atoms in total. The first-order valence-corrected chi connectivity index (χ1v) is 6.58. The molecule has 3 rings (SSSR count). The summed E-state index contributed by atoms with van der Waals surface area (Å²) in [5.74, 6) is -0.168. The molecular weight excluding hydrogens is 294 g/mol. The lowest BCUT2D eigenvalue weighted by molar-refractivity contribution is -0.117. The van der Waals surface area contributed by atoms with Crippen LogP contribution in [0.3, 0.4) is 0 Å². The number of nitrogens with zero attached hydrogens (tertiary/aromatic N) is 5. The number of carbonyl (C=O) groups is 1. The zero-order valence-corrected chi connectivity index (χ0v) is 12.1. The van der Waals surface area contributed by atoms with Gasteiger partial charge >= 0.3 is 0 Å². The number of hydrogen-bond acceptors (Lipinski definition) is 5. The van der Waals surface area contributed by atoms with Crippen molar-refractivity contribution in [1.82, 2.24) is 29.7 Å². The molecule has 0 atom stereocenters. The Morgan fingerprint density at radius 1 is 1.43 bits per heavy atom. The Labute approximate surface area is 124 Å². The first-order chi connectivity index (χ1) is 10.0.